The molecule has 1 saturated carbocycles. The van der Waals surface area contributed by atoms with Crippen LogP contribution in [-0.2, 0) is 0 Å². The van der Waals surface area contributed by atoms with Gasteiger partial charge in [0.2, 0.25) is 0 Å². The quantitative estimate of drug-likeness (QED) is 0.742. The van der Waals surface area contributed by atoms with Crippen LogP contribution in [0.1, 0.15) is 50.9 Å². The molecular weight excluding hydrogens is 178 g/mol. The minimum absolute atomic E-state index is 0.0819. The van der Waals surface area contributed by atoms with Crippen LogP contribution in [0.25, 0.3) is 0 Å². The van der Waals surface area contributed by atoms with Crippen LogP contribution in [0.5, 0.6) is 0 Å². The predicted octanol–water partition coefficient (Wildman–Crippen LogP) is 1.17. The van der Waals surface area contributed by atoms with Gasteiger partial charge in [0, 0.05) is 0 Å². The van der Waals surface area contributed by atoms with E-state index in [-0.39, 0.29) is 11.5 Å². The molecule has 1 fully saturated rings. The normalized spacial score (nSPS) is 23.3. The molecule has 5 heteroatoms. The molecule has 1 aromatic heterocycles. The molecule has 1 atom stereocenters. The molecule has 1 unspecified atom stereocenters. The molecule has 2 rings (SSSR count). The third kappa shape index (κ3) is 1.64. The van der Waals surface area contributed by atoms with Crippen molar-refractivity contribution in [3.05, 3.63) is 5.82 Å². The highest BCUT2D eigenvalue weighted by atomic mass is 15.5. The van der Waals surface area contributed by atoms with E-state index in [9.17, 15) is 0 Å². The molecule has 0 saturated heterocycles. The van der Waals surface area contributed by atoms with Gasteiger partial charge in [0.25, 0.3) is 0 Å². The second-order valence-corrected chi connectivity index (χ2v) is 4.46. The molecule has 3 N–H and O–H groups in total. The Morgan fingerprint density at radius 3 is 2.64 bits per heavy atom. The summed E-state index contributed by atoms with van der Waals surface area (Å²) < 4.78 is 0. The molecular formula is C9H17N5. The molecule has 5 nitrogen and oxygen atoms in total. The van der Waals surface area contributed by atoms with Gasteiger partial charge in [-0.15, -0.1) is 10.2 Å². The molecule has 0 bridgehead atoms. The number of rotatable bonds is 2. The smallest absolute Gasteiger partial charge is 0.191 e. The number of tetrazole rings is 1. The Morgan fingerprint density at radius 2 is 2.07 bits per heavy atom. The van der Waals surface area contributed by atoms with E-state index in [2.05, 4.69) is 27.5 Å². The second-order valence-electron chi connectivity index (χ2n) is 4.46. The molecule has 0 spiro atoms. The molecule has 1 aliphatic rings. The van der Waals surface area contributed by atoms with E-state index < -0.39 is 0 Å². The van der Waals surface area contributed by atoms with Crippen LogP contribution in [0.2, 0.25) is 0 Å². The highest BCUT2D eigenvalue weighted by Gasteiger charge is 2.36. The Balaban J connectivity index is 2.13. The number of nitrogens with zero attached hydrogens (tertiary/aromatic N) is 3. The van der Waals surface area contributed by atoms with E-state index in [1.807, 2.05) is 0 Å². The Bertz CT molecular complexity index is 275. The maximum Gasteiger partial charge on any atom is 0.191 e. The van der Waals surface area contributed by atoms with Gasteiger partial charge in [0.05, 0.1) is 6.04 Å². The van der Waals surface area contributed by atoms with E-state index in [0.717, 1.165) is 0 Å². The second kappa shape index (κ2) is 3.65. The number of aromatic nitrogens is 4. The van der Waals surface area contributed by atoms with Crippen molar-refractivity contribution in [2.75, 3.05) is 0 Å². The lowest BCUT2D eigenvalue weighted by molar-refractivity contribution is 0.165. The highest BCUT2D eigenvalue weighted by Crippen LogP contribution is 2.43. The highest BCUT2D eigenvalue weighted by molar-refractivity contribution is 4.98. The fraction of sp³-hybridized carbons (Fsp3) is 0.889. The summed E-state index contributed by atoms with van der Waals surface area (Å²) in [6.45, 7) is 2.23. The van der Waals surface area contributed by atoms with E-state index in [0.29, 0.717) is 5.82 Å². The molecule has 1 aromatic rings. The lowest BCUT2D eigenvalue weighted by Gasteiger charge is -2.37. The molecule has 0 radical (unpaired) electrons. The minimum Gasteiger partial charge on any atom is -0.321 e. The zero-order valence-electron chi connectivity index (χ0n) is 8.53. The monoisotopic (exact) mass is 195 g/mol. The summed E-state index contributed by atoms with van der Waals surface area (Å²) >= 11 is 0. The van der Waals surface area contributed by atoms with Gasteiger partial charge in [-0.3, -0.25) is 0 Å². The number of hydrogen-bond donors (Lipinski definition) is 2. The lowest BCUT2D eigenvalue weighted by atomic mass is 9.70. The van der Waals surface area contributed by atoms with Crippen molar-refractivity contribution in [1.82, 2.24) is 20.6 Å². The first-order valence-corrected chi connectivity index (χ1v) is 5.21. The molecule has 1 aliphatic carbocycles. The predicted molar refractivity (Wildman–Crippen MR) is 52.3 cm³/mol. The van der Waals surface area contributed by atoms with Crippen LogP contribution >= 0.6 is 0 Å². The number of aromatic amines is 1. The molecule has 0 aliphatic heterocycles. The summed E-state index contributed by atoms with van der Waals surface area (Å²) in [5, 5.41) is 13.9. The summed E-state index contributed by atoms with van der Waals surface area (Å²) in [4.78, 5) is 0. The van der Waals surface area contributed by atoms with Crippen molar-refractivity contribution >= 4 is 0 Å². The maximum absolute atomic E-state index is 6.16. The molecule has 0 amide bonds. The number of nitrogens with two attached hydrogens (primary N) is 1. The van der Waals surface area contributed by atoms with Crippen molar-refractivity contribution in [3.8, 4) is 0 Å². The van der Waals surface area contributed by atoms with Gasteiger partial charge in [0.15, 0.2) is 5.82 Å². The number of nitrogens with one attached hydrogen (secondary N) is 1. The third-order valence-electron chi connectivity index (χ3n) is 3.39. The molecule has 14 heavy (non-hydrogen) atoms. The average molecular weight is 195 g/mol. The zero-order valence-corrected chi connectivity index (χ0v) is 8.53. The molecule has 78 valence electrons. The first-order chi connectivity index (χ1) is 6.72. The standard InChI is InChI=1S/C9H17N5/c1-9(5-3-2-4-6-9)7(10)8-11-13-14-12-8/h7H,2-6,10H2,1H3,(H,11,12,13,14). The van der Waals surface area contributed by atoms with Crippen molar-refractivity contribution in [2.24, 2.45) is 11.1 Å². The third-order valence-corrected chi connectivity index (χ3v) is 3.39. The van der Waals surface area contributed by atoms with Crippen molar-refractivity contribution in [2.45, 2.75) is 45.1 Å². The van der Waals surface area contributed by atoms with Crippen LogP contribution in [0.4, 0.5) is 0 Å². The Morgan fingerprint density at radius 1 is 1.36 bits per heavy atom. The number of hydrogen-bond acceptors (Lipinski definition) is 4. The Hall–Kier alpha value is -0.970. The lowest BCUT2D eigenvalue weighted by Crippen LogP contribution is -2.34. The topological polar surface area (TPSA) is 80.5 Å². The van der Waals surface area contributed by atoms with Crippen molar-refractivity contribution in [1.29, 1.82) is 0 Å². The van der Waals surface area contributed by atoms with Gasteiger partial charge in [-0.25, -0.2) is 0 Å². The molecule has 1 heterocycles. The van der Waals surface area contributed by atoms with Crippen LogP contribution in [0.15, 0.2) is 0 Å². The van der Waals surface area contributed by atoms with Crippen molar-refractivity contribution in [3.63, 3.8) is 0 Å². The molecule has 0 aromatic carbocycles. The van der Waals surface area contributed by atoms with E-state index in [1.165, 1.54) is 32.1 Å². The van der Waals surface area contributed by atoms with E-state index >= 15 is 0 Å². The van der Waals surface area contributed by atoms with Gasteiger partial charge in [-0.05, 0) is 18.3 Å². The summed E-state index contributed by atoms with van der Waals surface area (Å²) in [7, 11) is 0. The fourth-order valence-corrected chi connectivity index (χ4v) is 2.28. The summed E-state index contributed by atoms with van der Waals surface area (Å²) in [6.07, 6.45) is 6.20. The Labute approximate surface area is 83.5 Å². The minimum atomic E-state index is -0.0819. The van der Waals surface area contributed by atoms with Crippen LogP contribution in [0.3, 0.4) is 0 Å². The summed E-state index contributed by atoms with van der Waals surface area (Å²) in [5.74, 6) is 0.648. The van der Waals surface area contributed by atoms with Crippen molar-refractivity contribution < 1.29 is 0 Å². The fourth-order valence-electron chi connectivity index (χ4n) is 2.28. The zero-order chi connectivity index (χ0) is 10.0. The SMILES string of the molecule is CC1(C(N)c2nn[nH]n2)CCCCC1. The largest absolute Gasteiger partial charge is 0.321 e. The van der Waals surface area contributed by atoms with Crippen LogP contribution in [0, 0.1) is 5.41 Å². The summed E-state index contributed by atoms with van der Waals surface area (Å²) in [6, 6.07) is -0.0819. The van der Waals surface area contributed by atoms with Gasteiger partial charge in [-0.2, -0.15) is 5.21 Å². The first kappa shape index (κ1) is 9.58. The van der Waals surface area contributed by atoms with Crippen LogP contribution in [-0.4, -0.2) is 20.6 Å². The number of H-pyrrole nitrogens is 1. The van der Waals surface area contributed by atoms with Gasteiger partial charge in [0.1, 0.15) is 0 Å². The van der Waals surface area contributed by atoms with E-state index in [1.54, 1.807) is 0 Å². The van der Waals surface area contributed by atoms with Gasteiger partial charge >= 0.3 is 0 Å². The maximum atomic E-state index is 6.16. The summed E-state index contributed by atoms with van der Waals surface area (Å²) in [5.41, 5.74) is 6.32. The Kier molecular flexibility index (Phi) is 2.50. The average Bonchev–Trinajstić information content (AvgIpc) is 2.70. The van der Waals surface area contributed by atoms with E-state index in [4.69, 9.17) is 5.73 Å². The van der Waals surface area contributed by atoms with Crippen LogP contribution < -0.4 is 5.73 Å². The van der Waals surface area contributed by atoms with Gasteiger partial charge < -0.3 is 5.73 Å². The van der Waals surface area contributed by atoms with Gasteiger partial charge in [-0.1, -0.05) is 31.4 Å². The first-order valence-electron chi connectivity index (χ1n) is 5.21.